The van der Waals surface area contributed by atoms with Gasteiger partial charge in [0, 0.05) is 0 Å². The van der Waals surface area contributed by atoms with Gasteiger partial charge in [-0.05, 0) is 0 Å². The number of hydrogen-bond acceptors (Lipinski definition) is 6. The minimum atomic E-state index is -1.14. The number of carbonyl (C=O) groups excluding carboxylic acids is 1. The fraction of sp³-hybridized carbons (Fsp3) is 0.727. The molecule has 0 amide bonds. The SMILES string of the molecule is CCSCCC(N[Se]C(=O)CCC(N)C(=O)O)C(=O)O. The maximum absolute atomic E-state index is 11.5. The summed E-state index contributed by atoms with van der Waals surface area (Å²) in [5.74, 6) is -0.477. The van der Waals surface area contributed by atoms with Crippen LogP contribution >= 0.6 is 11.8 Å². The Morgan fingerprint density at radius 2 is 1.90 bits per heavy atom. The molecule has 5 N–H and O–H groups in total. The van der Waals surface area contributed by atoms with E-state index in [1.54, 1.807) is 11.8 Å². The molecule has 2 unspecified atom stereocenters. The van der Waals surface area contributed by atoms with Crippen molar-refractivity contribution in [2.75, 3.05) is 11.5 Å². The van der Waals surface area contributed by atoms with Crippen LogP contribution in [0.2, 0.25) is 0 Å². The van der Waals surface area contributed by atoms with Gasteiger partial charge in [-0.3, -0.25) is 0 Å². The van der Waals surface area contributed by atoms with E-state index in [1.165, 1.54) is 0 Å². The van der Waals surface area contributed by atoms with Gasteiger partial charge in [0.1, 0.15) is 0 Å². The van der Waals surface area contributed by atoms with E-state index < -0.39 is 39.2 Å². The van der Waals surface area contributed by atoms with Crippen molar-refractivity contribution in [2.45, 2.75) is 38.3 Å². The Labute approximate surface area is 128 Å². The van der Waals surface area contributed by atoms with E-state index in [4.69, 9.17) is 15.9 Å². The van der Waals surface area contributed by atoms with Crippen LogP contribution in [0.3, 0.4) is 0 Å². The fourth-order valence-corrected chi connectivity index (χ4v) is 3.35. The van der Waals surface area contributed by atoms with Crippen molar-refractivity contribution in [3.63, 3.8) is 0 Å². The van der Waals surface area contributed by atoms with Gasteiger partial charge >= 0.3 is 128 Å². The number of carboxylic acid groups (broad SMARTS) is 2. The predicted molar refractivity (Wildman–Crippen MR) is 77.8 cm³/mol. The molecule has 2 atom stereocenters. The van der Waals surface area contributed by atoms with Gasteiger partial charge in [-0.15, -0.1) is 0 Å². The van der Waals surface area contributed by atoms with Crippen LogP contribution in [-0.4, -0.2) is 65.6 Å². The number of rotatable bonds is 12. The van der Waals surface area contributed by atoms with E-state index in [-0.39, 0.29) is 17.5 Å². The van der Waals surface area contributed by atoms with Crippen LogP contribution in [0.25, 0.3) is 0 Å². The van der Waals surface area contributed by atoms with Crippen LogP contribution in [0.1, 0.15) is 26.2 Å². The molecule has 0 bridgehead atoms. The third-order valence-corrected chi connectivity index (χ3v) is 5.03. The van der Waals surface area contributed by atoms with Gasteiger partial charge in [0.2, 0.25) is 0 Å². The first kappa shape index (κ1) is 19.4. The Morgan fingerprint density at radius 1 is 1.25 bits per heavy atom. The molecule has 0 aromatic heterocycles. The molecule has 0 aliphatic heterocycles. The van der Waals surface area contributed by atoms with Gasteiger partial charge < -0.3 is 0 Å². The number of nitrogens with one attached hydrogen (secondary N) is 1. The minimum absolute atomic E-state index is 0.0521. The van der Waals surface area contributed by atoms with Crippen molar-refractivity contribution in [3.8, 4) is 0 Å². The Balaban J connectivity index is 3.99. The summed E-state index contributed by atoms with van der Waals surface area (Å²) in [5, 5.41) is 17.6. The van der Waals surface area contributed by atoms with E-state index in [1.807, 2.05) is 6.92 Å². The van der Waals surface area contributed by atoms with Crippen molar-refractivity contribution in [2.24, 2.45) is 5.73 Å². The van der Waals surface area contributed by atoms with Crippen molar-refractivity contribution < 1.29 is 24.6 Å². The number of hydrogen-bond donors (Lipinski definition) is 4. The topological polar surface area (TPSA) is 130 Å². The third kappa shape index (κ3) is 9.33. The summed E-state index contributed by atoms with van der Waals surface area (Å²) in [6, 6.07) is -1.78. The second-order valence-electron chi connectivity index (χ2n) is 3.95. The molecule has 9 heteroatoms. The molecule has 7 nitrogen and oxygen atoms in total. The van der Waals surface area contributed by atoms with E-state index in [2.05, 4.69) is 4.33 Å². The second kappa shape index (κ2) is 11.1. The summed E-state index contributed by atoms with van der Waals surface area (Å²) in [5.41, 5.74) is 5.29. The fourth-order valence-electron chi connectivity index (χ4n) is 1.16. The van der Waals surface area contributed by atoms with Gasteiger partial charge in [-0.2, -0.15) is 0 Å². The first-order chi connectivity index (χ1) is 9.38. The van der Waals surface area contributed by atoms with Crippen LogP contribution < -0.4 is 10.1 Å². The first-order valence-electron chi connectivity index (χ1n) is 6.12. The molecule has 0 rings (SSSR count). The second-order valence-corrected chi connectivity index (χ2v) is 7.22. The number of aliphatic carboxylic acids is 2. The van der Waals surface area contributed by atoms with Crippen LogP contribution in [0, 0.1) is 0 Å². The molecule has 0 saturated carbocycles. The normalized spacial score (nSPS) is 13.7. The molecule has 0 radical (unpaired) electrons. The molecule has 20 heavy (non-hydrogen) atoms. The van der Waals surface area contributed by atoms with Gasteiger partial charge in [0.25, 0.3) is 0 Å². The van der Waals surface area contributed by atoms with E-state index >= 15 is 0 Å². The zero-order valence-corrected chi connectivity index (χ0v) is 13.7. The molecule has 0 aromatic rings. The van der Waals surface area contributed by atoms with Crippen molar-refractivity contribution >= 4 is 43.6 Å². The molecule has 0 spiro atoms. The molecule has 0 fully saturated rings. The molecule has 0 heterocycles. The van der Waals surface area contributed by atoms with Gasteiger partial charge in [-0.25, -0.2) is 0 Å². The summed E-state index contributed by atoms with van der Waals surface area (Å²) in [6.07, 6.45) is 0.578. The Morgan fingerprint density at radius 3 is 2.40 bits per heavy atom. The monoisotopic (exact) mass is 372 g/mol. The van der Waals surface area contributed by atoms with Crippen LogP contribution in [-0.2, 0) is 14.4 Å². The Bertz CT molecular complexity index is 343. The summed E-state index contributed by atoms with van der Waals surface area (Å²) in [6.45, 7) is 1.99. The molecule has 116 valence electrons. The number of carbonyl (C=O) groups is 3. The maximum atomic E-state index is 11.5. The number of carboxylic acids is 2. The van der Waals surface area contributed by atoms with Gasteiger partial charge in [-0.1, -0.05) is 0 Å². The predicted octanol–water partition coefficient (Wildman–Crippen LogP) is -0.490. The average molecular weight is 371 g/mol. The molecule has 0 aromatic carbocycles. The zero-order chi connectivity index (χ0) is 15.5. The summed E-state index contributed by atoms with van der Waals surface area (Å²) < 4.78 is 2.57. The van der Waals surface area contributed by atoms with Crippen LogP contribution in [0.4, 0.5) is 0 Å². The Hall–Kier alpha value is -0.601. The van der Waals surface area contributed by atoms with Crippen LogP contribution in [0.15, 0.2) is 0 Å². The van der Waals surface area contributed by atoms with Gasteiger partial charge in [0.05, 0.1) is 0 Å². The molecular weight excluding hydrogens is 351 g/mol. The van der Waals surface area contributed by atoms with Crippen molar-refractivity contribution in [1.82, 2.24) is 4.33 Å². The number of thioether (sulfide) groups is 1. The summed E-state index contributed by atoms with van der Waals surface area (Å²) >= 11 is 0.974. The van der Waals surface area contributed by atoms with Gasteiger partial charge in [0.15, 0.2) is 0 Å². The van der Waals surface area contributed by atoms with E-state index in [0.29, 0.717) is 12.2 Å². The number of nitrogens with two attached hydrogens (primary N) is 1. The van der Waals surface area contributed by atoms with E-state index in [9.17, 15) is 14.4 Å². The third-order valence-electron chi connectivity index (χ3n) is 2.34. The summed E-state index contributed by atoms with van der Waals surface area (Å²) in [4.78, 5) is 33.0. The quantitative estimate of drug-likeness (QED) is 0.267. The Kier molecular flexibility index (Phi) is 10.8. The summed E-state index contributed by atoms with van der Waals surface area (Å²) in [7, 11) is 0. The molecule has 0 saturated heterocycles. The zero-order valence-electron chi connectivity index (χ0n) is 11.2. The standard InChI is InChI=1S/C11H20N2O5SSe/c1-2-19-6-5-8(11(17)18)13-20-9(14)4-3-7(12)10(15)16/h7-8,13H,2-6,12H2,1H3,(H,15,16)(H,17,18). The van der Waals surface area contributed by atoms with E-state index in [0.717, 1.165) is 5.75 Å². The van der Waals surface area contributed by atoms with Crippen molar-refractivity contribution in [3.05, 3.63) is 0 Å². The van der Waals surface area contributed by atoms with Crippen LogP contribution in [0.5, 0.6) is 0 Å². The average Bonchev–Trinajstić information content (AvgIpc) is 2.39. The molecular formula is C11H20N2O5SSe. The molecule has 0 aliphatic carbocycles. The first-order valence-corrected chi connectivity index (χ1v) is 8.99. The molecule has 0 aliphatic rings. The van der Waals surface area contributed by atoms with Crippen molar-refractivity contribution in [1.29, 1.82) is 0 Å².